The molecule has 1 fully saturated rings. The van der Waals surface area contributed by atoms with Crippen molar-refractivity contribution in [2.75, 3.05) is 5.32 Å². The molecule has 140 valence electrons. The summed E-state index contributed by atoms with van der Waals surface area (Å²) in [7, 11) is 0. The van der Waals surface area contributed by atoms with E-state index >= 15 is 0 Å². The summed E-state index contributed by atoms with van der Waals surface area (Å²) in [5, 5.41) is 19.2. The van der Waals surface area contributed by atoms with Gasteiger partial charge in [-0.2, -0.15) is 4.98 Å². The lowest BCUT2D eigenvalue weighted by Gasteiger charge is -2.18. The summed E-state index contributed by atoms with van der Waals surface area (Å²) in [6.45, 7) is 3.94. The third kappa shape index (κ3) is 4.11. The maximum Gasteiger partial charge on any atom is 0.321 e. The third-order valence-corrected chi connectivity index (χ3v) is 5.19. The van der Waals surface area contributed by atoms with Crippen LogP contribution in [0.15, 0.2) is 29.0 Å². The van der Waals surface area contributed by atoms with Crippen LogP contribution in [0.5, 0.6) is 0 Å². The zero-order valence-electron chi connectivity index (χ0n) is 14.9. The van der Waals surface area contributed by atoms with Crippen molar-refractivity contribution in [2.24, 2.45) is 5.92 Å². The molecule has 1 atom stereocenters. The highest BCUT2D eigenvalue weighted by Crippen LogP contribution is 2.42. The predicted molar refractivity (Wildman–Crippen MR) is 99.1 cm³/mol. The van der Waals surface area contributed by atoms with Crippen LogP contribution in [-0.4, -0.2) is 31.4 Å². The number of hydrogen-bond acceptors (Lipinski definition) is 8. The molecule has 0 saturated heterocycles. The molecule has 4 rings (SSSR count). The van der Waals surface area contributed by atoms with Crippen LogP contribution >= 0.6 is 11.3 Å². The fourth-order valence-electron chi connectivity index (χ4n) is 2.55. The molecule has 3 aromatic rings. The first-order valence-corrected chi connectivity index (χ1v) is 9.56. The van der Waals surface area contributed by atoms with Crippen LogP contribution in [0, 0.1) is 5.92 Å². The number of rotatable bonds is 6. The lowest BCUT2D eigenvalue weighted by atomic mass is 10.0. The van der Waals surface area contributed by atoms with Crippen molar-refractivity contribution in [1.82, 2.24) is 30.6 Å². The largest absolute Gasteiger partial charge is 0.337 e. The third-order valence-electron chi connectivity index (χ3n) is 4.19. The summed E-state index contributed by atoms with van der Waals surface area (Å²) in [5.74, 6) is 1.37. The number of amides is 2. The number of aromatic nitrogens is 5. The monoisotopic (exact) mass is 385 g/mol. The van der Waals surface area contributed by atoms with Gasteiger partial charge in [0.05, 0.1) is 0 Å². The zero-order chi connectivity index (χ0) is 18.8. The average Bonchev–Trinajstić information content (AvgIpc) is 3.22. The Morgan fingerprint density at radius 2 is 2.04 bits per heavy atom. The molecule has 27 heavy (non-hydrogen) atoms. The summed E-state index contributed by atoms with van der Waals surface area (Å²) in [4.78, 5) is 20.8. The fourth-order valence-corrected chi connectivity index (χ4v) is 3.46. The molecule has 9 nitrogen and oxygen atoms in total. The summed E-state index contributed by atoms with van der Waals surface area (Å²) in [6.07, 6.45) is 5.62. The van der Waals surface area contributed by atoms with Gasteiger partial charge in [0.25, 0.3) is 0 Å². The van der Waals surface area contributed by atoms with Crippen molar-refractivity contribution in [2.45, 2.75) is 38.6 Å². The van der Waals surface area contributed by atoms with Gasteiger partial charge in [0.2, 0.25) is 16.8 Å². The van der Waals surface area contributed by atoms with Gasteiger partial charge >= 0.3 is 6.03 Å². The van der Waals surface area contributed by atoms with E-state index in [1.54, 1.807) is 24.5 Å². The summed E-state index contributed by atoms with van der Waals surface area (Å²) < 4.78 is 5.39. The van der Waals surface area contributed by atoms with E-state index in [1.165, 1.54) is 11.3 Å². The Hall–Kier alpha value is -2.88. The van der Waals surface area contributed by atoms with E-state index in [2.05, 4.69) is 36.0 Å². The van der Waals surface area contributed by atoms with E-state index in [-0.39, 0.29) is 11.9 Å². The Bertz CT molecular complexity index is 920. The van der Waals surface area contributed by atoms with Crippen molar-refractivity contribution < 1.29 is 9.32 Å². The van der Waals surface area contributed by atoms with E-state index < -0.39 is 6.04 Å². The highest BCUT2D eigenvalue weighted by atomic mass is 32.1. The second kappa shape index (κ2) is 7.39. The average molecular weight is 385 g/mol. The topological polar surface area (TPSA) is 119 Å². The quantitative estimate of drug-likeness (QED) is 0.667. The second-order valence-corrected chi connectivity index (χ2v) is 7.74. The SMILES string of the molecule is CC(C)C(NC(=O)Nc1nnc(C2CC2)s1)c1nc(-c2ccncc2)no1. The van der Waals surface area contributed by atoms with Crippen LogP contribution in [0.1, 0.15) is 49.5 Å². The van der Waals surface area contributed by atoms with Gasteiger partial charge in [-0.05, 0) is 30.9 Å². The molecule has 1 aliphatic carbocycles. The minimum atomic E-state index is -0.427. The van der Waals surface area contributed by atoms with Crippen LogP contribution < -0.4 is 10.6 Å². The predicted octanol–water partition coefficient (Wildman–Crippen LogP) is 3.38. The van der Waals surface area contributed by atoms with Gasteiger partial charge < -0.3 is 9.84 Å². The molecule has 10 heteroatoms. The lowest BCUT2D eigenvalue weighted by molar-refractivity contribution is 0.236. The number of hydrogen-bond donors (Lipinski definition) is 2. The van der Waals surface area contributed by atoms with Crippen LogP contribution in [0.4, 0.5) is 9.93 Å². The van der Waals surface area contributed by atoms with Gasteiger partial charge in [-0.15, -0.1) is 10.2 Å². The number of nitrogens with one attached hydrogen (secondary N) is 2. The molecule has 3 aromatic heterocycles. The molecule has 0 aromatic carbocycles. The van der Waals surface area contributed by atoms with Gasteiger partial charge in [0.15, 0.2) is 0 Å². The Morgan fingerprint density at radius 1 is 1.26 bits per heavy atom. The number of anilines is 1. The van der Waals surface area contributed by atoms with E-state index in [1.807, 2.05) is 13.8 Å². The van der Waals surface area contributed by atoms with E-state index in [0.29, 0.717) is 22.8 Å². The van der Waals surface area contributed by atoms with Gasteiger partial charge in [-0.1, -0.05) is 30.3 Å². The first-order chi connectivity index (χ1) is 13.1. The van der Waals surface area contributed by atoms with Crippen molar-refractivity contribution in [3.05, 3.63) is 35.4 Å². The molecule has 3 heterocycles. The minimum absolute atomic E-state index is 0.0536. The van der Waals surface area contributed by atoms with Crippen LogP contribution in [0.2, 0.25) is 0 Å². The normalized spacial score (nSPS) is 14.9. The Balaban J connectivity index is 1.44. The van der Waals surface area contributed by atoms with E-state index in [9.17, 15) is 4.79 Å². The van der Waals surface area contributed by atoms with E-state index in [4.69, 9.17) is 4.52 Å². The Labute approximate surface area is 159 Å². The Morgan fingerprint density at radius 3 is 2.74 bits per heavy atom. The van der Waals surface area contributed by atoms with E-state index in [0.717, 1.165) is 23.4 Å². The molecule has 1 aliphatic rings. The Kier molecular flexibility index (Phi) is 4.80. The first kappa shape index (κ1) is 17.5. The molecule has 0 radical (unpaired) electrons. The standard InChI is InChI=1S/C17H19N7O2S/c1-9(2)12(14-20-13(24-26-14)10-5-7-18-8-6-10)19-16(25)21-17-23-22-15(27-17)11-3-4-11/h5-9,11-12H,3-4H2,1-2H3,(H2,19,21,23,25). The van der Waals surface area contributed by atoms with Crippen LogP contribution in [0.25, 0.3) is 11.4 Å². The molecule has 2 N–H and O–H groups in total. The number of carbonyl (C=O) groups is 1. The molecule has 0 spiro atoms. The van der Waals surface area contributed by atoms with Crippen molar-refractivity contribution >= 4 is 22.5 Å². The van der Waals surface area contributed by atoms with Gasteiger partial charge in [0, 0.05) is 23.9 Å². The maximum atomic E-state index is 12.4. The number of nitrogens with zero attached hydrogens (tertiary/aromatic N) is 5. The zero-order valence-corrected chi connectivity index (χ0v) is 15.7. The molecule has 0 bridgehead atoms. The number of carbonyl (C=O) groups excluding carboxylic acids is 1. The number of urea groups is 1. The lowest BCUT2D eigenvalue weighted by Crippen LogP contribution is -2.35. The second-order valence-electron chi connectivity index (χ2n) is 6.73. The highest BCUT2D eigenvalue weighted by Gasteiger charge is 2.28. The highest BCUT2D eigenvalue weighted by molar-refractivity contribution is 7.15. The summed E-state index contributed by atoms with van der Waals surface area (Å²) >= 11 is 1.41. The minimum Gasteiger partial charge on any atom is -0.337 e. The van der Waals surface area contributed by atoms with Crippen LogP contribution in [0.3, 0.4) is 0 Å². The molecule has 1 saturated carbocycles. The van der Waals surface area contributed by atoms with Crippen molar-refractivity contribution in [3.8, 4) is 11.4 Å². The summed E-state index contributed by atoms with van der Waals surface area (Å²) in [5.41, 5.74) is 0.799. The number of pyridine rings is 1. The van der Waals surface area contributed by atoms with Gasteiger partial charge in [-0.25, -0.2) is 4.79 Å². The van der Waals surface area contributed by atoms with Gasteiger partial charge in [-0.3, -0.25) is 10.3 Å². The first-order valence-electron chi connectivity index (χ1n) is 8.75. The van der Waals surface area contributed by atoms with Crippen molar-refractivity contribution in [1.29, 1.82) is 0 Å². The molecule has 1 unspecified atom stereocenters. The smallest absolute Gasteiger partial charge is 0.321 e. The fraction of sp³-hybridized carbons (Fsp3) is 0.412. The van der Waals surface area contributed by atoms with Gasteiger partial charge in [0.1, 0.15) is 11.0 Å². The molecule has 0 aliphatic heterocycles. The van der Waals surface area contributed by atoms with Crippen molar-refractivity contribution in [3.63, 3.8) is 0 Å². The molecular formula is C17H19N7O2S. The maximum absolute atomic E-state index is 12.4. The molecule has 2 amide bonds. The van der Waals surface area contributed by atoms with Crippen LogP contribution in [-0.2, 0) is 0 Å². The summed E-state index contributed by atoms with van der Waals surface area (Å²) in [6, 6.07) is 2.79. The molecular weight excluding hydrogens is 366 g/mol.